The molecule has 1 aromatic heterocycles. The quantitative estimate of drug-likeness (QED) is 0.613. The van der Waals surface area contributed by atoms with Gasteiger partial charge in [-0.2, -0.15) is 4.98 Å². The Morgan fingerprint density at radius 1 is 1.33 bits per heavy atom. The number of hydrogen-bond acceptors (Lipinski definition) is 4. The van der Waals surface area contributed by atoms with Crippen molar-refractivity contribution >= 4 is 6.29 Å². The van der Waals surface area contributed by atoms with Crippen LogP contribution >= 0.6 is 0 Å². The minimum Gasteiger partial charge on any atom is -0.467 e. The van der Waals surface area contributed by atoms with Crippen LogP contribution in [0.5, 0.6) is 6.01 Å². The monoisotopic (exact) mass is 166 g/mol. The van der Waals surface area contributed by atoms with E-state index >= 15 is 0 Å². The number of methoxy groups -OCH3 is 1. The van der Waals surface area contributed by atoms with Crippen LogP contribution in [-0.2, 0) is 0 Å². The normalized spacial score (nSPS) is 9.58. The maximum Gasteiger partial charge on any atom is 0.316 e. The number of ether oxygens (including phenoxy) is 1. The molecule has 0 aliphatic heterocycles. The number of aromatic nitrogens is 2. The van der Waals surface area contributed by atoms with Crippen molar-refractivity contribution in [1.29, 1.82) is 0 Å². The van der Waals surface area contributed by atoms with E-state index in [0.717, 1.165) is 11.3 Å². The van der Waals surface area contributed by atoms with Crippen LogP contribution in [0.3, 0.4) is 0 Å². The Kier molecular flexibility index (Phi) is 2.38. The van der Waals surface area contributed by atoms with Gasteiger partial charge in [0, 0.05) is 5.69 Å². The lowest BCUT2D eigenvalue weighted by Crippen LogP contribution is -2.01. The summed E-state index contributed by atoms with van der Waals surface area (Å²) in [5.41, 5.74) is 1.95. The third-order valence-corrected chi connectivity index (χ3v) is 1.70. The number of carbonyl (C=O) groups excluding carboxylic acids is 1. The molecule has 12 heavy (non-hydrogen) atoms. The minimum absolute atomic E-state index is 0.236. The average molecular weight is 166 g/mol. The van der Waals surface area contributed by atoms with Crippen LogP contribution in [0, 0.1) is 13.8 Å². The summed E-state index contributed by atoms with van der Waals surface area (Å²) < 4.78 is 4.81. The summed E-state index contributed by atoms with van der Waals surface area (Å²) in [6, 6.07) is 0.236. The summed E-state index contributed by atoms with van der Waals surface area (Å²) in [5, 5.41) is 0. The molecule has 4 nitrogen and oxygen atoms in total. The van der Waals surface area contributed by atoms with Crippen molar-refractivity contribution in [1.82, 2.24) is 9.97 Å². The van der Waals surface area contributed by atoms with E-state index in [9.17, 15) is 4.79 Å². The fourth-order valence-corrected chi connectivity index (χ4v) is 0.831. The molecule has 0 radical (unpaired) electrons. The summed E-state index contributed by atoms with van der Waals surface area (Å²) in [4.78, 5) is 18.4. The second kappa shape index (κ2) is 3.30. The Hall–Kier alpha value is -1.45. The van der Waals surface area contributed by atoms with Crippen molar-refractivity contribution in [3.63, 3.8) is 0 Å². The van der Waals surface area contributed by atoms with E-state index in [1.165, 1.54) is 7.11 Å². The molecule has 0 saturated carbocycles. The average Bonchev–Trinajstić information content (AvgIpc) is 2.09. The Labute approximate surface area is 70.6 Å². The summed E-state index contributed by atoms with van der Waals surface area (Å²) in [6.45, 7) is 3.62. The molecule has 0 aromatic carbocycles. The molecule has 0 bridgehead atoms. The van der Waals surface area contributed by atoms with Gasteiger partial charge in [-0.3, -0.25) is 4.79 Å². The molecule has 0 fully saturated rings. The molecular formula is C8H10N2O2. The molecule has 4 heteroatoms. The highest BCUT2D eigenvalue weighted by molar-refractivity contribution is 5.74. The van der Waals surface area contributed by atoms with Crippen LogP contribution in [0.1, 0.15) is 21.7 Å². The molecule has 0 atom stereocenters. The Morgan fingerprint density at radius 2 is 2.00 bits per heavy atom. The number of rotatable bonds is 2. The van der Waals surface area contributed by atoms with E-state index < -0.39 is 0 Å². The minimum atomic E-state index is 0.236. The predicted octanol–water partition coefficient (Wildman–Crippen LogP) is 0.915. The predicted molar refractivity (Wildman–Crippen MR) is 43.4 cm³/mol. The molecule has 0 aliphatic rings. The molecule has 1 aromatic rings. The highest BCUT2D eigenvalue weighted by Crippen LogP contribution is 2.10. The van der Waals surface area contributed by atoms with Gasteiger partial charge in [0.2, 0.25) is 0 Å². The molecule has 0 unspecified atom stereocenters. The van der Waals surface area contributed by atoms with Crippen molar-refractivity contribution in [2.45, 2.75) is 13.8 Å². The largest absolute Gasteiger partial charge is 0.467 e. The lowest BCUT2D eigenvalue weighted by molar-refractivity contribution is 0.111. The zero-order valence-electron chi connectivity index (χ0n) is 7.29. The third-order valence-electron chi connectivity index (χ3n) is 1.70. The van der Waals surface area contributed by atoms with E-state index in [-0.39, 0.29) is 6.01 Å². The van der Waals surface area contributed by atoms with Gasteiger partial charge < -0.3 is 4.74 Å². The maximum atomic E-state index is 10.5. The van der Waals surface area contributed by atoms with Crippen molar-refractivity contribution in [3.05, 3.63) is 17.0 Å². The van der Waals surface area contributed by atoms with Crippen LogP contribution in [0.15, 0.2) is 0 Å². The van der Waals surface area contributed by atoms with Gasteiger partial charge in [0.25, 0.3) is 0 Å². The highest BCUT2D eigenvalue weighted by Gasteiger charge is 2.06. The summed E-state index contributed by atoms with van der Waals surface area (Å²) >= 11 is 0. The second-order valence-corrected chi connectivity index (χ2v) is 2.42. The number of aryl methyl sites for hydroxylation is 1. The molecule has 0 saturated heterocycles. The van der Waals surface area contributed by atoms with Crippen molar-refractivity contribution in [2.75, 3.05) is 7.11 Å². The lowest BCUT2D eigenvalue weighted by atomic mass is 10.2. The molecule has 0 amide bonds. The Bertz CT molecular complexity index is 310. The zero-order valence-corrected chi connectivity index (χ0v) is 7.29. The van der Waals surface area contributed by atoms with Crippen LogP contribution in [-0.4, -0.2) is 23.4 Å². The van der Waals surface area contributed by atoms with Gasteiger partial charge in [-0.25, -0.2) is 4.98 Å². The van der Waals surface area contributed by atoms with E-state index in [0.29, 0.717) is 12.0 Å². The van der Waals surface area contributed by atoms with E-state index in [1.54, 1.807) is 6.92 Å². The van der Waals surface area contributed by atoms with Crippen molar-refractivity contribution in [2.24, 2.45) is 0 Å². The first-order valence-corrected chi connectivity index (χ1v) is 3.53. The molecule has 1 heterocycles. The van der Waals surface area contributed by atoms with E-state index in [1.807, 2.05) is 6.92 Å². The Balaban J connectivity index is 3.28. The summed E-state index contributed by atoms with van der Waals surface area (Å²) in [6.07, 6.45) is 0.701. The number of hydrogen-bond donors (Lipinski definition) is 0. The van der Waals surface area contributed by atoms with E-state index in [2.05, 4.69) is 9.97 Å². The fourth-order valence-electron chi connectivity index (χ4n) is 0.831. The molecule has 0 spiro atoms. The first-order valence-electron chi connectivity index (χ1n) is 3.53. The van der Waals surface area contributed by atoms with Gasteiger partial charge in [-0.1, -0.05) is 0 Å². The molecule has 0 aliphatic carbocycles. The van der Waals surface area contributed by atoms with Crippen LogP contribution in [0.2, 0.25) is 0 Å². The van der Waals surface area contributed by atoms with Gasteiger partial charge >= 0.3 is 6.01 Å². The van der Waals surface area contributed by atoms with Gasteiger partial charge in [-0.05, 0) is 19.4 Å². The first kappa shape index (κ1) is 8.64. The fraction of sp³-hybridized carbons (Fsp3) is 0.375. The van der Waals surface area contributed by atoms with Gasteiger partial charge in [0.15, 0.2) is 6.29 Å². The molecule has 64 valence electrons. The number of nitrogens with zero attached hydrogens (tertiary/aromatic N) is 2. The third kappa shape index (κ3) is 1.42. The molecule has 0 N–H and O–H groups in total. The SMILES string of the molecule is COc1nc(C)c(C)c(C=O)n1. The Morgan fingerprint density at radius 3 is 2.50 bits per heavy atom. The van der Waals surface area contributed by atoms with E-state index in [4.69, 9.17) is 4.74 Å². The number of aldehydes is 1. The molecular weight excluding hydrogens is 156 g/mol. The maximum absolute atomic E-state index is 10.5. The van der Waals surface area contributed by atoms with Crippen LogP contribution < -0.4 is 4.74 Å². The second-order valence-electron chi connectivity index (χ2n) is 2.42. The van der Waals surface area contributed by atoms with Crippen molar-refractivity contribution in [3.8, 4) is 6.01 Å². The topological polar surface area (TPSA) is 52.1 Å². The number of carbonyl (C=O) groups is 1. The van der Waals surface area contributed by atoms with Crippen molar-refractivity contribution < 1.29 is 9.53 Å². The summed E-state index contributed by atoms with van der Waals surface area (Å²) in [5.74, 6) is 0. The van der Waals surface area contributed by atoms with Crippen LogP contribution in [0.4, 0.5) is 0 Å². The highest BCUT2D eigenvalue weighted by atomic mass is 16.5. The standard InChI is InChI=1S/C8H10N2O2/c1-5-6(2)9-8(12-3)10-7(5)4-11/h4H,1-3H3. The zero-order chi connectivity index (χ0) is 9.14. The first-order chi connectivity index (χ1) is 5.69. The van der Waals surface area contributed by atoms with Gasteiger partial charge in [0.05, 0.1) is 7.11 Å². The van der Waals surface area contributed by atoms with Crippen LogP contribution in [0.25, 0.3) is 0 Å². The smallest absolute Gasteiger partial charge is 0.316 e. The van der Waals surface area contributed by atoms with Gasteiger partial charge in [-0.15, -0.1) is 0 Å². The molecule has 1 rings (SSSR count). The lowest BCUT2D eigenvalue weighted by Gasteiger charge is -2.03. The van der Waals surface area contributed by atoms with Gasteiger partial charge in [0.1, 0.15) is 5.69 Å². The summed E-state index contributed by atoms with van der Waals surface area (Å²) in [7, 11) is 1.47.